The fraction of sp³-hybridized carbons (Fsp3) is 0.636. The van der Waals surface area contributed by atoms with Gasteiger partial charge in [-0.15, -0.1) is 0 Å². The van der Waals surface area contributed by atoms with Gasteiger partial charge in [0.05, 0.1) is 5.69 Å². The lowest BCUT2D eigenvalue weighted by Gasteiger charge is -2.23. The van der Waals surface area contributed by atoms with Gasteiger partial charge in [-0.1, -0.05) is 0 Å². The van der Waals surface area contributed by atoms with Gasteiger partial charge in [0.2, 0.25) is 0 Å². The average molecular weight is 206 g/mol. The van der Waals surface area contributed by atoms with Gasteiger partial charge < -0.3 is 5.32 Å². The Balaban J connectivity index is 1.93. The second-order valence-corrected chi connectivity index (χ2v) is 4.02. The monoisotopic (exact) mass is 206 g/mol. The predicted octanol–water partition coefficient (Wildman–Crippen LogP) is 0.660. The van der Waals surface area contributed by atoms with Crippen molar-refractivity contribution in [3.63, 3.8) is 0 Å². The Kier molecular flexibility index (Phi) is 3.64. The van der Waals surface area contributed by atoms with Gasteiger partial charge in [0.15, 0.2) is 0 Å². The van der Waals surface area contributed by atoms with Crippen LogP contribution in [0.15, 0.2) is 18.6 Å². The minimum atomic E-state index is 0.671. The number of rotatable bonds is 4. The molecular formula is C11H18N4. The topological polar surface area (TPSA) is 41.0 Å². The molecule has 0 saturated carbocycles. The van der Waals surface area contributed by atoms with Crippen molar-refractivity contribution >= 4 is 0 Å². The summed E-state index contributed by atoms with van der Waals surface area (Å²) in [5.74, 6) is 0. The van der Waals surface area contributed by atoms with Gasteiger partial charge in [0, 0.05) is 25.3 Å². The Hall–Kier alpha value is -1.00. The standard InChI is InChI=1S/C11H18N4/c1-12-7-11-3-2-6-15(11)8-10-4-5-13-9-14-10/h4-5,9,11-12H,2-3,6-8H2,1H3. The summed E-state index contributed by atoms with van der Waals surface area (Å²) in [6.07, 6.45) is 6.04. The molecule has 15 heavy (non-hydrogen) atoms. The SMILES string of the molecule is CNCC1CCCN1Cc1ccncn1. The highest BCUT2D eigenvalue weighted by Crippen LogP contribution is 2.18. The summed E-state index contributed by atoms with van der Waals surface area (Å²) in [7, 11) is 2.02. The molecule has 1 atom stereocenters. The number of nitrogens with one attached hydrogen (secondary N) is 1. The summed E-state index contributed by atoms with van der Waals surface area (Å²) in [5, 5.41) is 3.25. The van der Waals surface area contributed by atoms with Crippen molar-refractivity contribution in [2.45, 2.75) is 25.4 Å². The molecule has 1 aliphatic rings. The van der Waals surface area contributed by atoms with Crippen LogP contribution in [0.2, 0.25) is 0 Å². The van der Waals surface area contributed by atoms with Crippen LogP contribution in [0.5, 0.6) is 0 Å². The van der Waals surface area contributed by atoms with Crippen LogP contribution in [-0.4, -0.2) is 41.0 Å². The molecule has 4 heteroatoms. The van der Waals surface area contributed by atoms with Gasteiger partial charge in [-0.05, 0) is 32.5 Å². The maximum absolute atomic E-state index is 4.26. The second-order valence-electron chi connectivity index (χ2n) is 4.02. The quantitative estimate of drug-likeness (QED) is 0.786. The van der Waals surface area contributed by atoms with Crippen LogP contribution in [-0.2, 0) is 6.54 Å². The van der Waals surface area contributed by atoms with Crippen LogP contribution < -0.4 is 5.32 Å². The lowest BCUT2D eigenvalue weighted by Crippen LogP contribution is -2.36. The maximum Gasteiger partial charge on any atom is 0.115 e. The maximum atomic E-state index is 4.26. The molecule has 1 N–H and O–H groups in total. The molecule has 2 rings (SSSR count). The molecule has 1 aromatic rings. The molecule has 4 nitrogen and oxygen atoms in total. The number of aromatic nitrogens is 2. The first-order valence-corrected chi connectivity index (χ1v) is 5.53. The zero-order chi connectivity index (χ0) is 10.5. The lowest BCUT2D eigenvalue weighted by atomic mass is 10.2. The lowest BCUT2D eigenvalue weighted by molar-refractivity contribution is 0.239. The van der Waals surface area contributed by atoms with Crippen LogP contribution in [0.3, 0.4) is 0 Å². The molecule has 82 valence electrons. The zero-order valence-corrected chi connectivity index (χ0v) is 9.19. The minimum absolute atomic E-state index is 0.671. The first-order valence-electron chi connectivity index (χ1n) is 5.53. The normalized spacial score (nSPS) is 22.1. The number of likely N-dealkylation sites (N-methyl/N-ethyl adjacent to an activating group) is 1. The number of likely N-dealkylation sites (tertiary alicyclic amines) is 1. The molecule has 1 aromatic heterocycles. The van der Waals surface area contributed by atoms with E-state index in [1.54, 1.807) is 6.33 Å². The van der Waals surface area contributed by atoms with E-state index in [2.05, 4.69) is 20.2 Å². The average Bonchev–Trinajstić information content (AvgIpc) is 2.68. The van der Waals surface area contributed by atoms with E-state index in [4.69, 9.17) is 0 Å². The molecule has 0 spiro atoms. The first-order chi connectivity index (χ1) is 7.40. The van der Waals surface area contributed by atoms with Crippen molar-refractivity contribution in [1.82, 2.24) is 20.2 Å². The number of hydrogen-bond donors (Lipinski definition) is 1. The van der Waals surface area contributed by atoms with Gasteiger partial charge in [0.1, 0.15) is 6.33 Å². The van der Waals surface area contributed by atoms with Gasteiger partial charge in [-0.3, -0.25) is 4.90 Å². The van der Waals surface area contributed by atoms with E-state index in [0.717, 1.165) is 18.8 Å². The highest BCUT2D eigenvalue weighted by atomic mass is 15.2. The third-order valence-electron chi connectivity index (χ3n) is 2.95. The van der Waals surface area contributed by atoms with Crippen LogP contribution in [0, 0.1) is 0 Å². The smallest absolute Gasteiger partial charge is 0.115 e. The summed E-state index contributed by atoms with van der Waals surface area (Å²) >= 11 is 0. The summed E-state index contributed by atoms with van der Waals surface area (Å²) in [6, 6.07) is 2.67. The van der Waals surface area contributed by atoms with Gasteiger partial charge in [0.25, 0.3) is 0 Å². The summed E-state index contributed by atoms with van der Waals surface area (Å²) in [6.45, 7) is 3.22. The fourth-order valence-corrected chi connectivity index (χ4v) is 2.19. The molecule has 0 aliphatic carbocycles. The first kappa shape index (κ1) is 10.5. The van der Waals surface area contributed by atoms with Gasteiger partial charge in [-0.2, -0.15) is 0 Å². The molecule has 0 amide bonds. The van der Waals surface area contributed by atoms with Gasteiger partial charge in [-0.25, -0.2) is 9.97 Å². The second kappa shape index (κ2) is 5.19. The summed E-state index contributed by atoms with van der Waals surface area (Å²) in [5.41, 5.74) is 1.12. The van der Waals surface area contributed by atoms with Crippen molar-refractivity contribution in [1.29, 1.82) is 0 Å². The van der Waals surface area contributed by atoms with E-state index in [1.807, 2.05) is 19.3 Å². The minimum Gasteiger partial charge on any atom is -0.318 e. The Bertz CT molecular complexity index is 288. The van der Waals surface area contributed by atoms with E-state index >= 15 is 0 Å². The Morgan fingerprint density at radius 1 is 1.60 bits per heavy atom. The molecule has 2 heterocycles. The van der Waals surface area contributed by atoms with Crippen molar-refractivity contribution in [2.24, 2.45) is 0 Å². The van der Waals surface area contributed by atoms with Crippen LogP contribution in [0.25, 0.3) is 0 Å². The molecule has 1 saturated heterocycles. The molecular weight excluding hydrogens is 188 g/mol. The summed E-state index contributed by atoms with van der Waals surface area (Å²) in [4.78, 5) is 10.7. The molecule has 0 aromatic carbocycles. The highest BCUT2D eigenvalue weighted by Gasteiger charge is 2.23. The summed E-state index contributed by atoms with van der Waals surface area (Å²) < 4.78 is 0. The Morgan fingerprint density at radius 2 is 2.53 bits per heavy atom. The van der Waals surface area contributed by atoms with Crippen molar-refractivity contribution in [3.8, 4) is 0 Å². The van der Waals surface area contributed by atoms with Crippen LogP contribution in [0.1, 0.15) is 18.5 Å². The third-order valence-corrected chi connectivity index (χ3v) is 2.95. The third kappa shape index (κ3) is 2.73. The molecule has 0 radical (unpaired) electrons. The van der Waals surface area contributed by atoms with Gasteiger partial charge >= 0.3 is 0 Å². The number of nitrogens with zero attached hydrogens (tertiary/aromatic N) is 3. The van der Waals surface area contributed by atoms with E-state index in [9.17, 15) is 0 Å². The van der Waals surface area contributed by atoms with Crippen molar-refractivity contribution < 1.29 is 0 Å². The van der Waals surface area contributed by atoms with Crippen LogP contribution >= 0.6 is 0 Å². The molecule has 0 bridgehead atoms. The largest absolute Gasteiger partial charge is 0.318 e. The highest BCUT2D eigenvalue weighted by molar-refractivity contribution is 4.99. The fourth-order valence-electron chi connectivity index (χ4n) is 2.19. The molecule has 1 unspecified atom stereocenters. The Labute approximate surface area is 90.7 Å². The molecule has 1 fully saturated rings. The van der Waals surface area contributed by atoms with E-state index in [-0.39, 0.29) is 0 Å². The van der Waals surface area contributed by atoms with E-state index in [1.165, 1.54) is 19.4 Å². The van der Waals surface area contributed by atoms with E-state index < -0.39 is 0 Å². The zero-order valence-electron chi connectivity index (χ0n) is 9.19. The van der Waals surface area contributed by atoms with E-state index in [0.29, 0.717) is 6.04 Å². The Morgan fingerprint density at radius 3 is 3.27 bits per heavy atom. The molecule has 1 aliphatic heterocycles. The predicted molar refractivity (Wildman–Crippen MR) is 59.4 cm³/mol. The number of hydrogen-bond acceptors (Lipinski definition) is 4. The van der Waals surface area contributed by atoms with Crippen LogP contribution in [0.4, 0.5) is 0 Å². The van der Waals surface area contributed by atoms with Crippen molar-refractivity contribution in [3.05, 3.63) is 24.3 Å². The van der Waals surface area contributed by atoms with Crippen molar-refractivity contribution in [2.75, 3.05) is 20.1 Å².